The molecule has 1 saturated heterocycles. The van der Waals surface area contributed by atoms with Crippen LogP contribution in [0.1, 0.15) is 50.3 Å². The standard InChI is InChI=1S/C28H25Cl2N3O4S/c1-3-14-33(25(17-8-9-17)20-12-13-31-23-7-5-4-6-19(20)23)28-32-24(21-11-10-18(29)15-22(21)30)16(2)38(28)36-26(34)27(35)37-38/h4-7,10-13,15,17,25H,3,8-9,14H2,1-2H3. The number of carbonyl (C=O) groups excluding carboxylic acids is 2. The molecule has 0 bridgehead atoms. The second kappa shape index (κ2) is 9.59. The molecule has 2 aliphatic heterocycles. The van der Waals surface area contributed by atoms with Gasteiger partial charge in [0.15, 0.2) is 0 Å². The van der Waals surface area contributed by atoms with Gasteiger partial charge in [-0.3, -0.25) is 4.98 Å². The first-order valence-corrected chi connectivity index (χ1v) is 14.7. The Morgan fingerprint density at radius 1 is 1.08 bits per heavy atom. The number of benzene rings is 2. The molecule has 1 atom stereocenters. The summed E-state index contributed by atoms with van der Waals surface area (Å²) in [5, 5.41) is 2.41. The van der Waals surface area contributed by atoms with E-state index in [9.17, 15) is 9.59 Å². The Labute approximate surface area is 232 Å². The van der Waals surface area contributed by atoms with Crippen molar-refractivity contribution in [2.45, 2.75) is 39.2 Å². The van der Waals surface area contributed by atoms with Crippen LogP contribution < -0.4 is 0 Å². The predicted octanol–water partition coefficient (Wildman–Crippen LogP) is 7.20. The summed E-state index contributed by atoms with van der Waals surface area (Å²) in [6.07, 6.45) is 4.74. The molecule has 3 heterocycles. The van der Waals surface area contributed by atoms with Crippen LogP contribution >= 0.6 is 33.8 Å². The van der Waals surface area contributed by atoms with Crippen LogP contribution in [-0.2, 0) is 18.0 Å². The van der Waals surface area contributed by atoms with Gasteiger partial charge in [0.25, 0.3) is 0 Å². The summed E-state index contributed by atoms with van der Waals surface area (Å²) >= 11 is 12.7. The van der Waals surface area contributed by atoms with Crippen molar-refractivity contribution in [3.8, 4) is 0 Å². The largest absolute Gasteiger partial charge is 0.442 e. The fourth-order valence-electron chi connectivity index (χ4n) is 5.21. The van der Waals surface area contributed by atoms with Crippen molar-refractivity contribution < 1.29 is 18.0 Å². The Morgan fingerprint density at radius 2 is 1.82 bits per heavy atom. The highest BCUT2D eigenvalue weighted by molar-refractivity contribution is 8.42. The average molecular weight is 570 g/mol. The van der Waals surface area contributed by atoms with Crippen LogP contribution in [-0.4, -0.2) is 33.5 Å². The number of amidine groups is 1. The SMILES string of the molecule is CCCN(C1=NC(c2ccc(Cl)cc2Cl)=C(C)S12OC(=O)C(=O)O2)C(c1ccnc2ccccc12)C1CC1. The molecule has 1 aromatic heterocycles. The van der Waals surface area contributed by atoms with E-state index in [1.54, 1.807) is 25.1 Å². The van der Waals surface area contributed by atoms with E-state index in [0.717, 1.165) is 35.7 Å². The second-order valence-electron chi connectivity index (χ2n) is 9.56. The van der Waals surface area contributed by atoms with Gasteiger partial charge < -0.3 is 13.3 Å². The highest BCUT2D eigenvalue weighted by atomic mass is 35.5. The van der Waals surface area contributed by atoms with Crippen LogP contribution in [0.15, 0.2) is 64.6 Å². The van der Waals surface area contributed by atoms with Crippen LogP contribution in [0.25, 0.3) is 16.6 Å². The lowest BCUT2D eigenvalue weighted by molar-refractivity contribution is -0.150. The van der Waals surface area contributed by atoms with Crippen molar-refractivity contribution in [1.82, 2.24) is 9.88 Å². The van der Waals surface area contributed by atoms with E-state index in [1.807, 2.05) is 24.4 Å². The lowest BCUT2D eigenvalue weighted by Gasteiger charge is -2.42. The van der Waals surface area contributed by atoms with E-state index in [4.69, 9.17) is 36.6 Å². The van der Waals surface area contributed by atoms with Crippen LogP contribution in [0.2, 0.25) is 10.0 Å². The number of nitrogens with zero attached hydrogens (tertiary/aromatic N) is 3. The van der Waals surface area contributed by atoms with Crippen LogP contribution in [0.3, 0.4) is 0 Å². The number of para-hydroxylation sites is 1. The first-order chi connectivity index (χ1) is 18.3. The van der Waals surface area contributed by atoms with Gasteiger partial charge >= 0.3 is 11.9 Å². The van der Waals surface area contributed by atoms with Gasteiger partial charge in [-0.1, -0.05) is 48.3 Å². The Balaban J connectivity index is 1.55. The topological polar surface area (TPSA) is 81.1 Å². The molecule has 10 heteroatoms. The van der Waals surface area contributed by atoms with Crippen molar-refractivity contribution in [2.24, 2.45) is 10.9 Å². The molecule has 2 aromatic carbocycles. The zero-order valence-corrected chi connectivity index (χ0v) is 23.1. The van der Waals surface area contributed by atoms with Crippen LogP contribution in [0, 0.1) is 5.92 Å². The molecule has 196 valence electrons. The summed E-state index contributed by atoms with van der Waals surface area (Å²) < 4.78 is 11.6. The third kappa shape index (κ3) is 4.06. The van der Waals surface area contributed by atoms with Gasteiger partial charge in [0.05, 0.1) is 27.2 Å². The molecular formula is C28H25Cl2N3O4S. The monoisotopic (exact) mass is 569 g/mol. The molecular weight excluding hydrogens is 545 g/mol. The van der Waals surface area contributed by atoms with Gasteiger partial charge in [0, 0.05) is 28.7 Å². The third-order valence-corrected chi connectivity index (χ3v) is 10.2. The van der Waals surface area contributed by atoms with Gasteiger partial charge in [-0.2, -0.15) is 0 Å². The summed E-state index contributed by atoms with van der Waals surface area (Å²) in [5.74, 6) is -1.66. The first kappa shape index (κ1) is 25.2. The van der Waals surface area contributed by atoms with E-state index < -0.39 is 22.5 Å². The molecule has 6 rings (SSSR count). The Kier molecular flexibility index (Phi) is 6.37. The number of halogens is 2. The minimum atomic E-state index is -2.95. The fraction of sp³-hybridized carbons (Fsp3) is 0.286. The van der Waals surface area contributed by atoms with Gasteiger partial charge in [0.1, 0.15) is 0 Å². The number of aromatic nitrogens is 1. The first-order valence-electron chi connectivity index (χ1n) is 12.5. The number of allylic oxidation sites excluding steroid dienone is 1. The number of rotatable bonds is 6. The molecule has 7 nitrogen and oxygen atoms in total. The molecule has 0 amide bonds. The Hall–Kier alpha value is -3.07. The molecule has 1 aliphatic carbocycles. The minimum Gasteiger partial charge on any atom is -0.334 e. The number of carbonyl (C=O) groups is 2. The minimum absolute atomic E-state index is 0.0724. The molecule has 38 heavy (non-hydrogen) atoms. The summed E-state index contributed by atoms with van der Waals surface area (Å²) in [4.78, 5) is 37.4. The van der Waals surface area contributed by atoms with Gasteiger partial charge in [0.2, 0.25) is 5.17 Å². The Morgan fingerprint density at radius 3 is 2.50 bits per heavy atom. The molecule has 0 radical (unpaired) electrons. The number of aliphatic imine (C=N–C) groups is 1. The normalized spacial score (nSPS) is 19.9. The van der Waals surface area contributed by atoms with Gasteiger partial charge in [-0.25, -0.2) is 14.6 Å². The quantitative estimate of drug-likeness (QED) is 0.292. The fourth-order valence-corrected chi connectivity index (χ4v) is 8.11. The Bertz CT molecular complexity index is 1530. The highest BCUT2D eigenvalue weighted by Gasteiger charge is 2.55. The van der Waals surface area contributed by atoms with Crippen molar-refractivity contribution in [3.63, 3.8) is 0 Å². The van der Waals surface area contributed by atoms with E-state index >= 15 is 0 Å². The van der Waals surface area contributed by atoms with Crippen molar-refractivity contribution in [2.75, 3.05) is 6.54 Å². The predicted molar refractivity (Wildman–Crippen MR) is 150 cm³/mol. The summed E-state index contributed by atoms with van der Waals surface area (Å²) in [6, 6.07) is 15.2. The van der Waals surface area contributed by atoms with Gasteiger partial charge in [-0.05, 0) is 78.6 Å². The van der Waals surface area contributed by atoms with E-state index in [-0.39, 0.29) is 6.04 Å². The average Bonchev–Trinajstić information content (AvgIpc) is 3.64. The molecule has 3 aromatic rings. The van der Waals surface area contributed by atoms with E-state index in [0.29, 0.717) is 43.8 Å². The zero-order valence-electron chi connectivity index (χ0n) is 20.8. The van der Waals surface area contributed by atoms with Crippen LogP contribution in [0.5, 0.6) is 0 Å². The number of hydrogen-bond acceptors (Lipinski definition) is 7. The molecule has 1 saturated carbocycles. The number of hydrogen-bond donors (Lipinski definition) is 0. The second-order valence-corrected chi connectivity index (χ2v) is 12.7. The van der Waals surface area contributed by atoms with Crippen molar-refractivity contribution in [3.05, 3.63) is 80.8 Å². The maximum absolute atomic E-state index is 12.5. The lowest BCUT2D eigenvalue weighted by atomic mass is 9.97. The summed E-state index contributed by atoms with van der Waals surface area (Å²) in [5.41, 5.74) is 3.18. The summed E-state index contributed by atoms with van der Waals surface area (Å²) in [7, 11) is -2.95. The van der Waals surface area contributed by atoms with Crippen LogP contribution in [0.4, 0.5) is 0 Å². The lowest BCUT2D eigenvalue weighted by Crippen LogP contribution is -2.39. The van der Waals surface area contributed by atoms with E-state index in [1.165, 1.54) is 0 Å². The maximum atomic E-state index is 12.5. The summed E-state index contributed by atoms with van der Waals surface area (Å²) in [6.45, 7) is 4.49. The molecule has 2 fully saturated rings. The number of fused-ring (bicyclic) bond motifs is 1. The molecule has 1 spiro atoms. The molecule has 0 N–H and O–H groups in total. The highest BCUT2D eigenvalue weighted by Crippen LogP contribution is 2.69. The van der Waals surface area contributed by atoms with Gasteiger partial charge in [-0.15, -0.1) is 0 Å². The third-order valence-electron chi connectivity index (χ3n) is 7.04. The molecule has 3 aliphatic rings. The van der Waals surface area contributed by atoms with Crippen molar-refractivity contribution >= 4 is 67.5 Å². The smallest absolute Gasteiger partial charge is 0.334 e. The van der Waals surface area contributed by atoms with E-state index in [2.05, 4.69) is 28.9 Å². The maximum Gasteiger partial charge on any atom is 0.442 e. The molecule has 1 unspecified atom stereocenters. The zero-order chi connectivity index (χ0) is 26.6. The number of pyridine rings is 1. The van der Waals surface area contributed by atoms with Crippen molar-refractivity contribution in [1.29, 1.82) is 0 Å².